The highest BCUT2D eigenvalue weighted by atomic mass is 16.2. The van der Waals surface area contributed by atoms with Crippen LogP contribution in [0.3, 0.4) is 0 Å². The Bertz CT molecular complexity index is 574. The van der Waals surface area contributed by atoms with Gasteiger partial charge in [-0.3, -0.25) is 9.69 Å². The van der Waals surface area contributed by atoms with Crippen molar-refractivity contribution in [1.29, 1.82) is 0 Å². The molecule has 0 radical (unpaired) electrons. The van der Waals surface area contributed by atoms with E-state index >= 15 is 0 Å². The molecular formula is C20H32N4O2. The number of piperidine rings is 1. The predicted octanol–water partition coefficient (Wildman–Crippen LogP) is 2.38. The fourth-order valence-electron chi connectivity index (χ4n) is 3.66. The highest BCUT2D eigenvalue weighted by Crippen LogP contribution is 2.20. The van der Waals surface area contributed by atoms with E-state index < -0.39 is 0 Å². The quantitative estimate of drug-likeness (QED) is 0.785. The van der Waals surface area contributed by atoms with Gasteiger partial charge in [-0.2, -0.15) is 0 Å². The molecule has 6 nitrogen and oxygen atoms in total. The van der Waals surface area contributed by atoms with E-state index in [1.54, 1.807) is 0 Å². The molecule has 0 aromatic heterocycles. The van der Waals surface area contributed by atoms with Gasteiger partial charge >= 0.3 is 6.03 Å². The zero-order valence-electron chi connectivity index (χ0n) is 16.2. The Morgan fingerprint density at radius 1 is 1.23 bits per heavy atom. The summed E-state index contributed by atoms with van der Waals surface area (Å²) in [6.45, 7) is 9.56. The molecule has 1 aliphatic rings. The van der Waals surface area contributed by atoms with Crippen LogP contribution in [0.4, 0.5) is 4.79 Å². The van der Waals surface area contributed by atoms with Gasteiger partial charge in [0.2, 0.25) is 5.91 Å². The molecule has 1 aliphatic heterocycles. The van der Waals surface area contributed by atoms with Gasteiger partial charge in [-0.15, -0.1) is 0 Å². The third kappa shape index (κ3) is 5.73. The van der Waals surface area contributed by atoms with Crippen molar-refractivity contribution < 1.29 is 9.59 Å². The SMILES string of the molecule is CCN(CC)C(CNC(=O)N1CCCC(NC(C)=O)C1)c1ccccc1. The summed E-state index contributed by atoms with van der Waals surface area (Å²) < 4.78 is 0. The number of nitrogens with one attached hydrogen (secondary N) is 2. The molecule has 0 spiro atoms. The van der Waals surface area contributed by atoms with Crippen LogP contribution in [-0.2, 0) is 4.79 Å². The van der Waals surface area contributed by atoms with Crippen molar-refractivity contribution in [2.24, 2.45) is 0 Å². The molecule has 1 heterocycles. The van der Waals surface area contributed by atoms with Crippen LogP contribution in [0.5, 0.6) is 0 Å². The van der Waals surface area contributed by atoms with Crippen molar-refractivity contribution in [1.82, 2.24) is 20.4 Å². The lowest BCUT2D eigenvalue weighted by Gasteiger charge is -2.34. The minimum atomic E-state index is -0.0480. The van der Waals surface area contributed by atoms with Gasteiger partial charge in [0, 0.05) is 32.6 Å². The first-order chi connectivity index (χ1) is 12.5. The van der Waals surface area contributed by atoms with Crippen LogP contribution in [-0.4, -0.2) is 60.5 Å². The number of hydrogen-bond donors (Lipinski definition) is 2. The second kappa shape index (κ2) is 10.2. The minimum Gasteiger partial charge on any atom is -0.352 e. The number of hydrogen-bond acceptors (Lipinski definition) is 3. The smallest absolute Gasteiger partial charge is 0.317 e. The summed E-state index contributed by atoms with van der Waals surface area (Å²) >= 11 is 0. The highest BCUT2D eigenvalue weighted by molar-refractivity contribution is 5.75. The molecule has 144 valence electrons. The van der Waals surface area contributed by atoms with E-state index in [2.05, 4.69) is 41.5 Å². The molecule has 2 unspecified atom stereocenters. The Balaban J connectivity index is 1.97. The van der Waals surface area contributed by atoms with E-state index in [0.717, 1.165) is 32.5 Å². The third-order valence-corrected chi connectivity index (χ3v) is 5.00. The lowest BCUT2D eigenvalue weighted by Crippen LogP contribution is -2.52. The van der Waals surface area contributed by atoms with Gasteiger partial charge < -0.3 is 15.5 Å². The van der Waals surface area contributed by atoms with Gasteiger partial charge in [0.05, 0.1) is 6.04 Å². The molecule has 2 N–H and O–H groups in total. The molecule has 3 amide bonds. The topological polar surface area (TPSA) is 64.7 Å². The molecule has 6 heteroatoms. The fourth-order valence-corrected chi connectivity index (χ4v) is 3.66. The first-order valence-electron chi connectivity index (χ1n) is 9.64. The van der Waals surface area contributed by atoms with Crippen molar-refractivity contribution in [3.63, 3.8) is 0 Å². The third-order valence-electron chi connectivity index (χ3n) is 5.00. The van der Waals surface area contributed by atoms with Crippen LogP contribution in [0.2, 0.25) is 0 Å². The molecule has 0 bridgehead atoms. The van der Waals surface area contributed by atoms with E-state index in [0.29, 0.717) is 13.1 Å². The lowest BCUT2D eigenvalue weighted by molar-refractivity contribution is -0.119. The van der Waals surface area contributed by atoms with Crippen molar-refractivity contribution in [3.8, 4) is 0 Å². The van der Waals surface area contributed by atoms with Gasteiger partial charge in [-0.1, -0.05) is 44.2 Å². The number of urea groups is 1. The number of likely N-dealkylation sites (N-methyl/N-ethyl adjacent to an activating group) is 1. The number of nitrogens with zero attached hydrogens (tertiary/aromatic N) is 2. The van der Waals surface area contributed by atoms with Gasteiger partial charge in [0.25, 0.3) is 0 Å². The summed E-state index contributed by atoms with van der Waals surface area (Å²) in [5.41, 5.74) is 1.21. The largest absolute Gasteiger partial charge is 0.352 e. The van der Waals surface area contributed by atoms with Crippen molar-refractivity contribution >= 4 is 11.9 Å². The summed E-state index contributed by atoms with van der Waals surface area (Å²) in [5, 5.41) is 6.03. The molecular weight excluding hydrogens is 328 g/mol. The van der Waals surface area contributed by atoms with E-state index in [1.165, 1.54) is 12.5 Å². The molecule has 0 aliphatic carbocycles. The lowest BCUT2D eigenvalue weighted by atomic mass is 10.0. The minimum absolute atomic E-state index is 0.0390. The number of benzene rings is 1. The van der Waals surface area contributed by atoms with Gasteiger partial charge in [0.1, 0.15) is 0 Å². The van der Waals surface area contributed by atoms with Crippen LogP contribution < -0.4 is 10.6 Å². The zero-order valence-corrected chi connectivity index (χ0v) is 16.2. The van der Waals surface area contributed by atoms with Crippen LogP contribution in [0.15, 0.2) is 30.3 Å². The second-order valence-electron chi connectivity index (χ2n) is 6.82. The van der Waals surface area contributed by atoms with Crippen LogP contribution in [0.1, 0.15) is 45.2 Å². The van der Waals surface area contributed by atoms with Gasteiger partial charge in [-0.25, -0.2) is 4.79 Å². The molecule has 1 aromatic rings. The van der Waals surface area contributed by atoms with Gasteiger partial charge in [0.15, 0.2) is 0 Å². The summed E-state index contributed by atoms with van der Waals surface area (Å²) in [6.07, 6.45) is 1.84. The monoisotopic (exact) mass is 360 g/mol. The van der Waals surface area contributed by atoms with Crippen LogP contribution in [0.25, 0.3) is 0 Å². The van der Waals surface area contributed by atoms with E-state index in [4.69, 9.17) is 0 Å². The Labute approximate surface area is 156 Å². The highest BCUT2D eigenvalue weighted by Gasteiger charge is 2.25. The molecule has 1 aromatic carbocycles. The Morgan fingerprint density at radius 3 is 2.54 bits per heavy atom. The van der Waals surface area contributed by atoms with Crippen molar-refractivity contribution in [2.45, 2.75) is 45.7 Å². The molecule has 2 atom stereocenters. The van der Waals surface area contributed by atoms with Crippen molar-refractivity contribution in [3.05, 3.63) is 35.9 Å². The zero-order chi connectivity index (χ0) is 18.9. The summed E-state index contributed by atoms with van der Waals surface area (Å²) in [6, 6.07) is 10.5. The Kier molecular flexibility index (Phi) is 7.91. The van der Waals surface area contributed by atoms with Gasteiger partial charge in [-0.05, 0) is 31.5 Å². The maximum Gasteiger partial charge on any atom is 0.317 e. The fraction of sp³-hybridized carbons (Fsp3) is 0.600. The standard InChI is InChI=1S/C20H32N4O2/c1-4-23(5-2)19(17-10-7-6-8-11-17)14-21-20(26)24-13-9-12-18(15-24)22-16(3)25/h6-8,10-11,18-19H,4-5,9,12-15H2,1-3H3,(H,21,26)(H,22,25). The molecule has 0 saturated carbocycles. The molecule has 1 saturated heterocycles. The molecule has 2 rings (SSSR count). The first kappa shape index (κ1) is 20.2. The number of carbonyl (C=O) groups is 2. The Morgan fingerprint density at radius 2 is 1.92 bits per heavy atom. The number of carbonyl (C=O) groups excluding carboxylic acids is 2. The van der Waals surface area contributed by atoms with Crippen LogP contribution >= 0.6 is 0 Å². The average molecular weight is 361 g/mol. The maximum absolute atomic E-state index is 12.6. The molecule has 26 heavy (non-hydrogen) atoms. The number of likely N-dealkylation sites (tertiary alicyclic amines) is 1. The predicted molar refractivity (Wildman–Crippen MR) is 104 cm³/mol. The summed E-state index contributed by atoms with van der Waals surface area (Å²) in [5.74, 6) is -0.0390. The summed E-state index contributed by atoms with van der Waals surface area (Å²) in [4.78, 5) is 28.1. The van der Waals surface area contributed by atoms with E-state index in [-0.39, 0.29) is 24.0 Å². The number of amides is 3. The van der Waals surface area contributed by atoms with Crippen molar-refractivity contribution in [2.75, 3.05) is 32.7 Å². The molecule has 1 fully saturated rings. The van der Waals surface area contributed by atoms with E-state index in [1.807, 2.05) is 23.1 Å². The maximum atomic E-state index is 12.6. The number of rotatable bonds is 7. The summed E-state index contributed by atoms with van der Waals surface area (Å²) in [7, 11) is 0. The Hall–Kier alpha value is -2.08. The second-order valence-corrected chi connectivity index (χ2v) is 6.82. The first-order valence-corrected chi connectivity index (χ1v) is 9.64. The average Bonchev–Trinajstić information content (AvgIpc) is 2.65. The van der Waals surface area contributed by atoms with Crippen LogP contribution in [0, 0.1) is 0 Å². The van der Waals surface area contributed by atoms with E-state index in [9.17, 15) is 9.59 Å². The normalized spacial score (nSPS) is 18.5.